The van der Waals surface area contributed by atoms with Gasteiger partial charge < -0.3 is 10.8 Å². The van der Waals surface area contributed by atoms with Crippen LogP contribution in [0.3, 0.4) is 0 Å². The molecule has 20 heavy (non-hydrogen) atoms. The monoisotopic (exact) mass is 281 g/mol. The van der Waals surface area contributed by atoms with E-state index in [0.717, 1.165) is 31.6 Å². The molecule has 2 aliphatic rings. The summed E-state index contributed by atoms with van der Waals surface area (Å²) in [6.45, 7) is 7.58. The lowest BCUT2D eigenvalue weighted by molar-refractivity contribution is -0.144. The molecule has 4 unspecified atom stereocenters. The van der Waals surface area contributed by atoms with Crippen LogP contribution in [0.15, 0.2) is 0 Å². The Balaban J connectivity index is 2.19. The minimum atomic E-state index is -0.497. The van der Waals surface area contributed by atoms with Crippen LogP contribution in [0.2, 0.25) is 0 Å². The summed E-state index contributed by atoms with van der Waals surface area (Å²) in [5.74, 6) is 2.14. The van der Waals surface area contributed by atoms with Crippen molar-refractivity contribution < 1.29 is 5.11 Å². The number of hydrogen-bond donors (Lipinski definition) is 2. The van der Waals surface area contributed by atoms with Gasteiger partial charge in [-0.1, -0.05) is 46.5 Å². The summed E-state index contributed by atoms with van der Waals surface area (Å²) in [6, 6.07) is 0. The summed E-state index contributed by atoms with van der Waals surface area (Å²) in [7, 11) is 0. The Labute approximate surface area is 125 Å². The molecule has 0 heterocycles. The van der Waals surface area contributed by atoms with Gasteiger partial charge in [-0.3, -0.25) is 0 Å². The van der Waals surface area contributed by atoms with Crippen molar-refractivity contribution >= 4 is 0 Å². The normalized spacial score (nSPS) is 42.9. The van der Waals surface area contributed by atoms with E-state index in [1.165, 1.54) is 32.1 Å². The SMILES string of the molecule is CCC1CCCC(CN)(C2(O)CCCC(C(C)C)C2)C1. The van der Waals surface area contributed by atoms with Gasteiger partial charge in [-0.2, -0.15) is 0 Å². The molecule has 2 rings (SSSR count). The minimum absolute atomic E-state index is 0.000509. The summed E-state index contributed by atoms with van der Waals surface area (Å²) in [5, 5.41) is 11.5. The van der Waals surface area contributed by atoms with Gasteiger partial charge in [0.2, 0.25) is 0 Å². The molecule has 118 valence electrons. The maximum Gasteiger partial charge on any atom is 0.0718 e. The second kappa shape index (κ2) is 6.36. The Hall–Kier alpha value is -0.0800. The molecule has 0 aromatic heterocycles. The van der Waals surface area contributed by atoms with Crippen LogP contribution in [0.1, 0.15) is 78.6 Å². The number of aliphatic hydroxyl groups is 1. The first-order valence-electron chi connectivity index (χ1n) is 8.89. The highest BCUT2D eigenvalue weighted by atomic mass is 16.3. The fourth-order valence-corrected chi connectivity index (χ4v) is 4.98. The van der Waals surface area contributed by atoms with E-state index in [2.05, 4.69) is 20.8 Å². The summed E-state index contributed by atoms with van der Waals surface area (Å²) in [5.41, 5.74) is 5.74. The molecule has 2 aliphatic carbocycles. The first kappa shape index (κ1) is 16.3. The van der Waals surface area contributed by atoms with Crippen LogP contribution in [0.4, 0.5) is 0 Å². The molecule has 0 aliphatic heterocycles. The largest absolute Gasteiger partial charge is 0.389 e. The summed E-state index contributed by atoms with van der Waals surface area (Å²) < 4.78 is 0. The Morgan fingerprint density at radius 1 is 1.15 bits per heavy atom. The molecule has 3 N–H and O–H groups in total. The van der Waals surface area contributed by atoms with Crippen LogP contribution >= 0.6 is 0 Å². The van der Waals surface area contributed by atoms with Crippen molar-refractivity contribution in [2.75, 3.05) is 6.54 Å². The molecule has 0 bridgehead atoms. The van der Waals surface area contributed by atoms with E-state index in [9.17, 15) is 5.11 Å². The minimum Gasteiger partial charge on any atom is -0.389 e. The second-order valence-electron chi connectivity index (χ2n) is 7.99. The van der Waals surface area contributed by atoms with Crippen LogP contribution in [-0.2, 0) is 0 Å². The van der Waals surface area contributed by atoms with Crippen molar-refractivity contribution in [1.82, 2.24) is 0 Å². The Morgan fingerprint density at radius 3 is 2.45 bits per heavy atom. The fraction of sp³-hybridized carbons (Fsp3) is 1.00. The van der Waals surface area contributed by atoms with Gasteiger partial charge in [0, 0.05) is 12.0 Å². The standard InChI is InChI=1S/C18H35NO/c1-4-15-7-5-9-17(11-15,13-19)18(20)10-6-8-16(12-18)14(2)3/h14-16,20H,4-13,19H2,1-3H3. The van der Waals surface area contributed by atoms with Crippen molar-refractivity contribution in [3.63, 3.8) is 0 Å². The summed E-state index contributed by atoms with van der Waals surface area (Å²) >= 11 is 0. The van der Waals surface area contributed by atoms with Gasteiger partial charge in [-0.05, 0) is 49.9 Å². The third kappa shape index (κ3) is 2.92. The molecule has 0 radical (unpaired) electrons. The number of nitrogens with two attached hydrogens (primary N) is 1. The molecule has 2 heteroatoms. The third-order valence-corrected chi connectivity index (χ3v) is 6.61. The molecular weight excluding hydrogens is 246 g/mol. The summed E-state index contributed by atoms with van der Waals surface area (Å²) in [6.07, 6.45) is 10.6. The van der Waals surface area contributed by atoms with Crippen LogP contribution in [0, 0.1) is 23.2 Å². The van der Waals surface area contributed by atoms with Gasteiger partial charge in [0.05, 0.1) is 5.60 Å². The molecular formula is C18H35NO. The highest BCUT2D eigenvalue weighted by Crippen LogP contribution is 2.54. The Kier molecular flexibility index (Phi) is 5.18. The first-order valence-corrected chi connectivity index (χ1v) is 8.89. The number of hydrogen-bond acceptors (Lipinski definition) is 2. The van der Waals surface area contributed by atoms with Crippen LogP contribution < -0.4 is 5.73 Å². The van der Waals surface area contributed by atoms with E-state index in [1.54, 1.807) is 0 Å². The molecule has 0 saturated heterocycles. The van der Waals surface area contributed by atoms with E-state index >= 15 is 0 Å². The van der Waals surface area contributed by atoms with Crippen molar-refractivity contribution in [1.29, 1.82) is 0 Å². The van der Waals surface area contributed by atoms with Crippen molar-refractivity contribution in [2.24, 2.45) is 28.9 Å². The van der Waals surface area contributed by atoms with E-state index in [-0.39, 0.29) is 5.41 Å². The zero-order valence-corrected chi connectivity index (χ0v) is 13.8. The quantitative estimate of drug-likeness (QED) is 0.814. The van der Waals surface area contributed by atoms with Crippen LogP contribution in [0.25, 0.3) is 0 Å². The van der Waals surface area contributed by atoms with Gasteiger partial charge >= 0.3 is 0 Å². The predicted octanol–water partition coefficient (Wildman–Crippen LogP) is 4.11. The van der Waals surface area contributed by atoms with Crippen molar-refractivity contribution in [3.8, 4) is 0 Å². The van der Waals surface area contributed by atoms with Gasteiger partial charge in [-0.25, -0.2) is 0 Å². The fourth-order valence-electron chi connectivity index (χ4n) is 4.98. The predicted molar refractivity (Wildman–Crippen MR) is 85.5 cm³/mol. The number of rotatable bonds is 4. The van der Waals surface area contributed by atoms with Crippen molar-refractivity contribution in [3.05, 3.63) is 0 Å². The maximum atomic E-state index is 11.5. The topological polar surface area (TPSA) is 46.2 Å². The first-order chi connectivity index (χ1) is 9.46. The molecule has 0 aromatic carbocycles. The lowest BCUT2D eigenvalue weighted by Crippen LogP contribution is -2.57. The van der Waals surface area contributed by atoms with Crippen molar-refractivity contribution in [2.45, 2.75) is 84.2 Å². The molecule has 0 aromatic rings. The average Bonchev–Trinajstić information content (AvgIpc) is 2.47. The molecule has 2 saturated carbocycles. The second-order valence-corrected chi connectivity index (χ2v) is 7.99. The zero-order valence-electron chi connectivity index (χ0n) is 13.8. The highest BCUT2D eigenvalue weighted by Gasteiger charge is 2.52. The lowest BCUT2D eigenvalue weighted by Gasteiger charge is -2.54. The van der Waals surface area contributed by atoms with Crippen LogP contribution in [0.5, 0.6) is 0 Å². The van der Waals surface area contributed by atoms with Gasteiger partial charge in [0.25, 0.3) is 0 Å². The highest BCUT2D eigenvalue weighted by molar-refractivity contribution is 5.05. The zero-order chi connectivity index (χ0) is 14.8. The van der Waals surface area contributed by atoms with Gasteiger partial charge in [0.15, 0.2) is 0 Å². The van der Waals surface area contributed by atoms with Gasteiger partial charge in [0.1, 0.15) is 0 Å². The molecule has 0 spiro atoms. The van der Waals surface area contributed by atoms with E-state index in [4.69, 9.17) is 5.73 Å². The third-order valence-electron chi connectivity index (χ3n) is 6.61. The summed E-state index contributed by atoms with van der Waals surface area (Å²) in [4.78, 5) is 0. The Morgan fingerprint density at radius 2 is 1.85 bits per heavy atom. The molecule has 2 nitrogen and oxygen atoms in total. The molecule has 0 amide bonds. The smallest absolute Gasteiger partial charge is 0.0718 e. The van der Waals surface area contributed by atoms with E-state index in [1.807, 2.05) is 0 Å². The average molecular weight is 281 g/mol. The molecule has 4 atom stereocenters. The maximum absolute atomic E-state index is 11.5. The van der Waals surface area contributed by atoms with E-state index in [0.29, 0.717) is 18.4 Å². The molecule has 2 fully saturated rings. The van der Waals surface area contributed by atoms with Gasteiger partial charge in [-0.15, -0.1) is 0 Å². The lowest BCUT2D eigenvalue weighted by atomic mass is 9.54. The Bertz CT molecular complexity index is 317. The van der Waals surface area contributed by atoms with Crippen LogP contribution in [-0.4, -0.2) is 17.3 Å². The van der Waals surface area contributed by atoms with E-state index < -0.39 is 5.60 Å².